The van der Waals surface area contributed by atoms with Gasteiger partial charge in [0.1, 0.15) is 0 Å². The summed E-state index contributed by atoms with van der Waals surface area (Å²) in [5.41, 5.74) is 2.86. The molecule has 31 heavy (non-hydrogen) atoms. The molecule has 0 spiro atoms. The Hall–Kier alpha value is -3.20. The van der Waals surface area contributed by atoms with Crippen molar-refractivity contribution in [2.45, 2.75) is 37.6 Å². The Morgan fingerprint density at radius 3 is 2.13 bits per heavy atom. The third-order valence-corrected chi connectivity index (χ3v) is 6.10. The van der Waals surface area contributed by atoms with Crippen LogP contribution in [0.4, 0.5) is 6.01 Å². The van der Waals surface area contributed by atoms with Crippen molar-refractivity contribution in [1.29, 1.82) is 0 Å². The van der Waals surface area contributed by atoms with Crippen molar-refractivity contribution >= 4 is 18.0 Å². The van der Waals surface area contributed by atoms with E-state index in [2.05, 4.69) is 44.3 Å². The molecule has 6 rings (SSSR count). The molecule has 4 heterocycles. The second kappa shape index (κ2) is 9.30. The van der Waals surface area contributed by atoms with E-state index in [0.717, 1.165) is 37.8 Å². The third kappa shape index (κ3) is 5.11. The van der Waals surface area contributed by atoms with E-state index in [1.807, 2.05) is 0 Å². The number of hydrogen-bond donors (Lipinski definition) is 2. The minimum atomic E-state index is -1.26. The van der Waals surface area contributed by atoms with E-state index in [9.17, 15) is 9.59 Å². The molecule has 0 unspecified atom stereocenters. The number of anilines is 1. The van der Waals surface area contributed by atoms with E-state index in [1.165, 1.54) is 37.1 Å². The van der Waals surface area contributed by atoms with Crippen molar-refractivity contribution in [1.82, 2.24) is 15.1 Å². The van der Waals surface area contributed by atoms with Gasteiger partial charge in [-0.2, -0.15) is 0 Å². The minimum absolute atomic E-state index is 0.348. The van der Waals surface area contributed by atoms with Crippen molar-refractivity contribution in [2.24, 2.45) is 0 Å². The van der Waals surface area contributed by atoms with Crippen LogP contribution in [0.25, 0.3) is 0 Å². The number of benzene rings is 1. The fourth-order valence-corrected chi connectivity index (χ4v) is 4.52. The molecule has 0 radical (unpaired) electrons. The van der Waals surface area contributed by atoms with E-state index in [4.69, 9.17) is 14.6 Å². The van der Waals surface area contributed by atoms with Crippen molar-refractivity contribution in [2.75, 3.05) is 31.1 Å². The van der Waals surface area contributed by atoms with Gasteiger partial charge in [0, 0.05) is 50.3 Å². The molecule has 4 aliphatic rings. The van der Waals surface area contributed by atoms with E-state index in [-0.39, 0.29) is 0 Å². The first-order valence-electron chi connectivity index (χ1n) is 10.5. The average Bonchev–Trinajstić information content (AvgIpc) is 3.31. The molecular weight excluding hydrogens is 400 g/mol. The Kier molecular flexibility index (Phi) is 6.31. The van der Waals surface area contributed by atoms with E-state index in [1.54, 1.807) is 0 Å². The molecule has 164 valence electrons. The third-order valence-electron chi connectivity index (χ3n) is 6.10. The largest absolute Gasteiger partial charge is 0.478 e. The number of aromatic nitrogens is 2. The predicted molar refractivity (Wildman–Crippen MR) is 112 cm³/mol. The molecule has 3 aliphatic heterocycles. The van der Waals surface area contributed by atoms with Crippen LogP contribution in [0.15, 0.2) is 40.8 Å². The van der Waals surface area contributed by atoms with Crippen LogP contribution in [-0.2, 0) is 22.4 Å². The Bertz CT molecular complexity index is 923. The summed E-state index contributed by atoms with van der Waals surface area (Å²) in [5, 5.41) is 24.4. The van der Waals surface area contributed by atoms with Gasteiger partial charge in [-0.05, 0) is 36.8 Å². The molecular formula is C22H26N4O5. The Labute approximate surface area is 180 Å². The van der Waals surface area contributed by atoms with E-state index < -0.39 is 11.9 Å². The van der Waals surface area contributed by atoms with Crippen molar-refractivity contribution < 1.29 is 24.2 Å². The van der Waals surface area contributed by atoms with Gasteiger partial charge in [0.2, 0.25) is 5.89 Å². The number of carboxylic acids is 2. The molecule has 0 saturated carbocycles. The lowest BCUT2D eigenvalue weighted by Gasteiger charge is -2.30. The summed E-state index contributed by atoms with van der Waals surface area (Å²) < 4.78 is 6.13. The molecule has 9 nitrogen and oxygen atoms in total. The number of aliphatic carboxylic acids is 2. The number of nitrogens with zero attached hydrogens (tertiary/aromatic N) is 4. The molecule has 0 atom stereocenters. The van der Waals surface area contributed by atoms with Gasteiger partial charge in [0.15, 0.2) is 0 Å². The normalized spacial score (nSPS) is 22.6. The Balaban J connectivity index is 0.000000250. The lowest BCUT2D eigenvalue weighted by molar-refractivity contribution is -0.134. The summed E-state index contributed by atoms with van der Waals surface area (Å²) in [7, 11) is 0. The number of piperidine rings is 1. The Morgan fingerprint density at radius 1 is 0.935 bits per heavy atom. The highest BCUT2D eigenvalue weighted by atomic mass is 16.4. The van der Waals surface area contributed by atoms with Gasteiger partial charge in [-0.1, -0.05) is 29.4 Å². The zero-order chi connectivity index (χ0) is 21.8. The lowest BCUT2D eigenvalue weighted by Crippen LogP contribution is -2.38. The second-order valence-electron chi connectivity index (χ2n) is 8.07. The smallest absolute Gasteiger partial charge is 0.328 e. The monoisotopic (exact) mass is 426 g/mol. The maximum atomic E-state index is 9.55. The molecule has 9 heteroatoms. The van der Waals surface area contributed by atoms with Crippen LogP contribution in [0.3, 0.4) is 0 Å². The van der Waals surface area contributed by atoms with Crippen LogP contribution >= 0.6 is 0 Å². The highest BCUT2D eigenvalue weighted by molar-refractivity contribution is 5.89. The first-order valence-corrected chi connectivity index (χ1v) is 10.5. The van der Waals surface area contributed by atoms with Crippen LogP contribution < -0.4 is 4.90 Å². The lowest BCUT2D eigenvalue weighted by atomic mass is 10.1. The maximum absolute atomic E-state index is 9.55. The van der Waals surface area contributed by atoms with Crippen LogP contribution in [0.5, 0.6) is 0 Å². The summed E-state index contributed by atoms with van der Waals surface area (Å²) in [6.45, 7) is 4.54. The Morgan fingerprint density at radius 2 is 1.55 bits per heavy atom. The van der Waals surface area contributed by atoms with Gasteiger partial charge in [0.05, 0.1) is 0 Å². The predicted octanol–water partition coefficient (Wildman–Crippen LogP) is 1.95. The molecule has 2 bridgehead atoms. The molecule has 3 fully saturated rings. The molecule has 2 aromatic rings. The second-order valence-corrected chi connectivity index (χ2v) is 8.07. The number of hydrogen-bond acceptors (Lipinski definition) is 7. The van der Waals surface area contributed by atoms with E-state index >= 15 is 0 Å². The van der Waals surface area contributed by atoms with Crippen LogP contribution in [0, 0.1) is 0 Å². The van der Waals surface area contributed by atoms with Gasteiger partial charge < -0.3 is 24.4 Å². The van der Waals surface area contributed by atoms with E-state index in [0.29, 0.717) is 24.1 Å². The summed E-state index contributed by atoms with van der Waals surface area (Å²) in [6.07, 6.45) is 5.59. The van der Waals surface area contributed by atoms with Crippen LogP contribution in [0.2, 0.25) is 0 Å². The van der Waals surface area contributed by atoms with Gasteiger partial charge in [-0.15, -0.1) is 5.10 Å². The van der Waals surface area contributed by atoms with Gasteiger partial charge in [0.25, 0.3) is 0 Å². The fraction of sp³-hybridized carbons (Fsp3) is 0.455. The number of carboxylic acid groups (broad SMARTS) is 2. The first kappa shape index (κ1) is 21.0. The SMILES string of the molecule is O=C(O)/C=C/C(=O)O.c1ccc2c(c1)CC(c1nnc(N3CCN4CCC3CC4)o1)C2. The van der Waals surface area contributed by atoms with Gasteiger partial charge in [-0.25, -0.2) is 9.59 Å². The number of carbonyl (C=O) groups is 2. The number of rotatable bonds is 4. The van der Waals surface area contributed by atoms with Crippen molar-refractivity contribution in [3.05, 3.63) is 53.4 Å². The molecule has 1 aliphatic carbocycles. The minimum Gasteiger partial charge on any atom is -0.478 e. The van der Waals surface area contributed by atoms with Crippen LogP contribution in [0.1, 0.15) is 35.8 Å². The summed E-state index contributed by atoms with van der Waals surface area (Å²) in [5.74, 6) is -1.35. The van der Waals surface area contributed by atoms with Crippen LogP contribution in [-0.4, -0.2) is 69.5 Å². The summed E-state index contributed by atoms with van der Waals surface area (Å²) in [6, 6.07) is 9.98. The fourth-order valence-electron chi connectivity index (χ4n) is 4.52. The molecule has 2 N–H and O–H groups in total. The molecule has 3 saturated heterocycles. The zero-order valence-electron chi connectivity index (χ0n) is 17.2. The first-order chi connectivity index (χ1) is 15.0. The average molecular weight is 426 g/mol. The summed E-state index contributed by atoms with van der Waals surface area (Å²) in [4.78, 5) is 24.0. The van der Waals surface area contributed by atoms with Crippen molar-refractivity contribution in [3.8, 4) is 0 Å². The molecule has 0 amide bonds. The van der Waals surface area contributed by atoms with Gasteiger partial charge in [-0.3, -0.25) is 0 Å². The maximum Gasteiger partial charge on any atom is 0.328 e. The highest BCUT2D eigenvalue weighted by Gasteiger charge is 2.33. The summed E-state index contributed by atoms with van der Waals surface area (Å²) >= 11 is 0. The van der Waals surface area contributed by atoms with Gasteiger partial charge >= 0.3 is 18.0 Å². The number of fused-ring (bicyclic) bond motifs is 5. The standard InChI is InChI=1S/C18H22N4O.C4H4O4/c1-2-4-14-12-15(11-13(14)3-1)17-19-20-18(23-17)22-10-9-21-7-5-16(22)6-8-21;5-3(6)1-2-4(7)8/h1-4,15-16H,5-12H2;1-2H,(H,5,6)(H,7,8)/b;2-1+. The topological polar surface area (TPSA) is 120 Å². The quantitative estimate of drug-likeness (QED) is 0.707. The zero-order valence-corrected chi connectivity index (χ0v) is 17.2. The van der Waals surface area contributed by atoms with Crippen molar-refractivity contribution in [3.63, 3.8) is 0 Å². The molecule has 1 aromatic heterocycles. The highest BCUT2D eigenvalue weighted by Crippen LogP contribution is 2.35. The molecule has 1 aromatic carbocycles.